The summed E-state index contributed by atoms with van der Waals surface area (Å²) in [5, 5.41) is 3.92. The van der Waals surface area contributed by atoms with Crippen LogP contribution in [0, 0.1) is 0 Å². The second-order valence-corrected chi connectivity index (χ2v) is 7.97. The topological polar surface area (TPSA) is 54.3 Å². The van der Waals surface area contributed by atoms with Gasteiger partial charge >= 0.3 is 0 Å². The van der Waals surface area contributed by atoms with Crippen molar-refractivity contribution < 1.29 is 9.59 Å². The van der Waals surface area contributed by atoms with Crippen LogP contribution >= 0.6 is 0 Å². The SMILES string of the molecule is CCCCc1ccccc1-n1c2c(c3ccccc31)CC1C(=O)NCC(=O)N1C2. The van der Waals surface area contributed by atoms with Gasteiger partial charge in [-0.15, -0.1) is 0 Å². The smallest absolute Gasteiger partial charge is 0.243 e. The Labute approximate surface area is 170 Å². The number of fused-ring (bicyclic) bond motifs is 4. The first-order valence-corrected chi connectivity index (χ1v) is 10.5. The molecule has 1 N–H and O–H groups in total. The van der Waals surface area contributed by atoms with E-state index in [2.05, 4.69) is 65.3 Å². The number of hydrogen-bond acceptors (Lipinski definition) is 2. The van der Waals surface area contributed by atoms with E-state index in [1.807, 2.05) is 0 Å². The second kappa shape index (κ2) is 7.07. The highest BCUT2D eigenvalue weighted by atomic mass is 16.2. The summed E-state index contributed by atoms with van der Waals surface area (Å²) in [6.07, 6.45) is 3.89. The van der Waals surface area contributed by atoms with E-state index in [1.54, 1.807) is 4.90 Å². The van der Waals surface area contributed by atoms with E-state index in [0.29, 0.717) is 13.0 Å². The summed E-state index contributed by atoms with van der Waals surface area (Å²) in [7, 11) is 0. The van der Waals surface area contributed by atoms with E-state index >= 15 is 0 Å². The molecule has 0 spiro atoms. The molecule has 2 aromatic carbocycles. The highest BCUT2D eigenvalue weighted by Crippen LogP contribution is 2.37. The summed E-state index contributed by atoms with van der Waals surface area (Å²) in [4.78, 5) is 26.8. The number of unbranched alkanes of at least 4 members (excludes halogenated alkanes) is 1. The van der Waals surface area contributed by atoms with Gasteiger partial charge in [0.2, 0.25) is 11.8 Å². The van der Waals surface area contributed by atoms with Gasteiger partial charge in [-0.2, -0.15) is 0 Å². The van der Waals surface area contributed by atoms with Gasteiger partial charge in [-0.3, -0.25) is 9.59 Å². The van der Waals surface area contributed by atoms with Gasteiger partial charge in [0, 0.05) is 23.2 Å². The van der Waals surface area contributed by atoms with Gasteiger partial charge in [-0.1, -0.05) is 49.7 Å². The lowest BCUT2D eigenvalue weighted by molar-refractivity contribution is -0.146. The third kappa shape index (κ3) is 2.84. The van der Waals surface area contributed by atoms with Crippen molar-refractivity contribution >= 4 is 22.7 Å². The molecule has 0 aliphatic carbocycles. The van der Waals surface area contributed by atoms with E-state index in [0.717, 1.165) is 30.5 Å². The lowest BCUT2D eigenvalue weighted by atomic mass is 9.94. The van der Waals surface area contributed by atoms with Crippen molar-refractivity contribution in [3.05, 3.63) is 65.4 Å². The number of nitrogens with zero attached hydrogens (tertiary/aromatic N) is 2. The first-order valence-electron chi connectivity index (χ1n) is 10.5. The van der Waals surface area contributed by atoms with Crippen LogP contribution in [0.25, 0.3) is 16.6 Å². The number of hydrogen-bond donors (Lipinski definition) is 1. The summed E-state index contributed by atoms with van der Waals surface area (Å²) in [6, 6.07) is 16.5. The van der Waals surface area contributed by atoms with Gasteiger partial charge in [0.25, 0.3) is 0 Å². The molecular formula is C24H25N3O2. The third-order valence-corrected chi connectivity index (χ3v) is 6.25. The van der Waals surface area contributed by atoms with Crippen molar-refractivity contribution in [1.82, 2.24) is 14.8 Å². The first kappa shape index (κ1) is 18.0. The number of aromatic nitrogens is 1. The number of amides is 2. The van der Waals surface area contributed by atoms with E-state index < -0.39 is 6.04 Å². The summed E-state index contributed by atoms with van der Waals surface area (Å²) in [5.41, 5.74) is 5.98. The van der Waals surface area contributed by atoms with Crippen LogP contribution in [0.1, 0.15) is 36.6 Å². The highest BCUT2D eigenvalue weighted by Gasteiger charge is 2.40. The lowest BCUT2D eigenvalue weighted by Crippen LogP contribution is -2.60. The lowest BCUT2D eigenvalue weighted by Gasteiger charge is -2.38. The van der Waals surface area contributed by atoms with Gasteiger partial charge < -0.3 is 14.8 Å². The molecule has 1 saturated heterocycles. The molecule has 0 saturated carbocycles. The fraction of sp³-hybridized carbons (Fsp3) is 0.333. The molecule has 2 aliphatic heterocycles. The minimum Gasteiger partial charge on any atom is -0.345 e. The fourth-order valence-corrected chi connectivity index (χ4v) is 4.79. The zero-order chi connectivity index (χ0) is 20.0. The maximum Gasteiger partial charge on any atom is 0.243 e. The average molecular weight is 387 g/mol. The Morgan fingerprint density at radius 3 is 2.72 bits per heavy atom. The molecule has 1 fully saturated rings. The Bertz CT molecular complexity index is 1110. The number of benzene rings is 2. The van der Waals surface area contributed by atoms with Crippen LogP contribution in [0.4, 0.5) is 0 Å². The van der Waals surface area contributed by atoms with Crippen LogP contribution in [-0.2, 0) is 29.0 Å². The van der Waals surface area contributed by atoms with Crippen LogP contribution in [0.3, 0.4) is 0 Å². The van der Waals surface area contributed by atoms with Crippen LogP contribution in [0.5, 0.6) is 0 Å². The van der Waals surface area contributed by atoms with E-state index in [9.17, 15) is 9.59 Å². The number of piperazine rings is 1. The predicted molar refractivity (Wildman–Crippen MR) is 113 cm³/mol. The van der Waals surface area contributed by atoms with Crippen molar-refractivity contribution in [3.63, 3.8) is 0 Å². The molecule has 1 atom stereocenters. The van der Waals surface area contributed by atoms with Crippen LogP contribution < -0.4 is 5.32 Å². The summed E-state index contributed by atoms with van der Waals surface area (Å²) < 4.78 is 2.33. The zero-order valence-electron chi connectivity index (χ0n) is 16.6. The van der Waals surface area contributed by atoms with Gasteiger partial charge in [-0.25, -0.2) is 0 Å². The molecule has 2 aliphatic rings. The van der Waals surface area contributed by atoms with Crippen LogP contribution in [-0.4, -0.2) is 33.9 Å². The quantitative estimate of drug-likeness (QED) is 0.746. The van der Waals surface area contributed by atoms with Gasteiger partial charge in [0.1, 0.15) is 6.04 Å². The van der Waals surface area contributed by atoms with E-state index in [-0.39, 0.29) is 18.4 Å². The third-order valence-electron chi connectivity index (χ3n) is 6.25. The maximum atomic E-state index is 12.6. The molecule has 0 bridgehead atoms. The molecule has 148 valence electrons. The molecular weight excluding hydrogens is 362 g/mol. The van der Waals surface area contributed by atoms with E-state index in [1.165, 1.54) is 22.2 Å². The Balaban J connectivity index is 1.72. The molecule has 5 heteroatoms. The molecule has 5 rings (SSSR count). The van der Waals surface area contributed by atoms with E-state index in [4.69, 9.17) is 0 Å². The highest BCUT2D eigenvalue weighted by molar-refractivity contribution is 5.97. The van der Waals surface area contributed by atoms with Crippen molar-refractivity contribution in [3.8, 4) is 5.69 Å². The number of para-hydroxylation sites is 2. The van der Waals surface area contributed by atoms with Gasteiger partial charge in [0.15, 0.2) is 0 Å². The molecule has 2 amide bonds. The Morgan fingerprint density at radius 2 is 1.86 bits per heavy atom. The second-order valence-electron chi connectivity index (χ2n) is 7.97. The summed E-state index contributed by atoms with van der Waals surface area (Å²) >= 11 is 0. The fourth-order valence-electron chi connectivity index (χ4n) is 4.79. The first-order chi connectivity index (χ1) is 14.2. The molecule has 29 heavy (non-hydrogen) atoms. The predicted octanol–water partition coefficient (Wildman–Crippen LogP) is 3.36. The Morgan fingerprint density at radius 1 is 1.07 bits per heavy atom. The molecule has 3 heterocycles. The molecule has 0 radical (unpaired) electrons. The number of carbonyl (C=O) groups is 2. The number of rotatable bonds is 4. The van der Waals surface area contributed by atoms with Crippen LogP contribution in [0.15, 0.2) is 48.5 Å². The average Bonchev–Trinajstić information content (AvgIpc) is 3.07. The minimum absolute atomic E-state index is 0.00340. The number of nitrogens with one attached hydrogen (secondary N) is 1. The minimum atomic E-state index is -0.404. The van der Waals surface area contributed by atoms with Crippen molar-refractivity contribution in [2.24, 2.45) is 0 Å². The maximum absolute atomic E-state index is 12.6. The Hall–Kier alpha value is -3.08. The molecule has 5 nitrogen and oxygen atoms in total. The molecule has 1 aromatic heterocycles. The summed E-state index contributed by atoms with van der Waals surface area (Å²) in [5.74, 6) is -0.0493. The standard InChI is InChI=1S/C24H25N3O2/c1-2-3-8-16-9-4-6-11-19(16)27-20-12-7-5-10-17(20)18-13-21-24(29)25-14-23(28)26(21)15-22(18)27/h4-7,9-12,21H,2-3,8,13-15H2,1H3,(H,25,29). The van der Waals surface area contributed by atoms with Crippen molar-refractivity contribution in [2.45, 2.75) is 45.2 Å². The largest absolute Gasteiger partial charge is 0.345 e. The van der Waals surface area contributed by atoms with Crippen molar-refractivity contribution in [1.29, 1.82) is 0 Å². The monoisotopic (exact) mass is 387 g/mol. The molecule has 1 unspecified atom stereocenters. The van der Waals surface area contributed by atoms with Gasteiger partial charge in [-0.05, 0) is 36.1 Å². The number of carbonyl (C=O) groups excluding carboxylic acids is 2. The summed E-state index contributed by atoms with van der Waals surface area (Å²) in [6.45, 7) is 2.78. The number of aryl methyl sites for hydroxylation is 1. The molecule has 3 aromatic rings. The Kier molecular flexibility index (Phi) is 4.38. The normalized spacial score (nSPS) is 18.5. The van der Waals surface area contributed by atoms with Crippen LogP contribution in [0.2, 0.25) is 0 Å². The zero-order valence-corrected chi connectivity index (χ0v) is 16.6. The van der Waals surface area contributed by atoms with Crippen molar-refractivity contribution in [2.75, 3.05) is 6.54 Å². The van der Waals surface area contributed by atoms with Gasteiger partial charge in [0.05, 0.1) is 18.6 Å².